The first-order valence-electron chi connectivity index (χ1n) is 12.5. The summed E-state index contributed by atoms with van der Waals surface area (Å²) in [5, 5.41) is 13.9. The molecule has 0 bridgehead atoms. The molecule has 0 N–H and O–H groups in total. The summed E-state index contributed by atoms with van der Waals surface area (Å²) in [7, 11) is 0. The van der Waals surface area contributed by atoms with E-state index in [2.05, 4.69) is 16.2 Å². The van der Waals surface area contributed by atoms with Gasteiger partial charge >= 0.3 is 0 Å². The van der Waals surface area contributed by atoms with E-state index in [1.165, 1.54) is 26.1 Å². The zero-order valence-corrected chi connectivity index (χ0v) is 22.3. The van der Waals surface area contributed by atoms with Gasteiger partial charge in [-0.25, -0.2) is 9.50 Å². The summed E-state index contributed by atoms with van der Waals surface area (Å²) < 4.78 is 1.57. The molecule has 4 aromatic rings. The molecule has 2 aromatic heterocycles. The summed E-state index contributed by atoms with van der Waals surface area (Å²) in [6.45, 7) is 7.77. The van der Waals surface area contributed by atoms with Gasteiger partial charge < -0.3 is 9.80 Å². The number of aromatic nitrogens is 3. The van der Waals surface area contributed by atoms with Crippen molar-refractivity contribution in [1.82, 2.24) is 14.6 Å². The Labute approximate surface area is 226 Å². The molecular formula is C30H28N6O3. The van der Waals surface area contributed by atoms with Gasteiger partial charge in [-0.2, -0.15) is 10.4 Å². The monoisotopic (exact) mass is 520 g/mol. The van der Waals surface area contributed by atoms with Gasteiger partial charge in [0.15, 0.2) is 11.4 Å². The van der Waals surface area contributed by atoms with E-state index < -0.39 is 0 Å². The number of hydrogen-bond donors (Lipinski definition) is 0. The van der Waals surface area contributed by atoms with Crippen LogP contribution in [0.4, 0.5) is 11.4 Å². The minimum Gasteiger partial charge on any atom is -0.313 e. The lowest BCUT2D eigenvalue weighted by molar-refractivity contribution is -0.117. The molecule has 4 rings (SSSR count). The van der Waals surface area contributed by atoms with Gasteiger partial charge in [0.1, 0.15) is 11.6 Å². The smallest absolute Gasteiger partial charge is 0.223 e. The van der Waals surface area contributed by atoms with Gasteiger partial charge in [0.2, 0.25) is 11.8 Å². The minimum atomic E-state index is -0.247. The van der Waals surface area contributed by atoms with Crippen LogP contribution in [0, 0.1) is 11.3 Å². The van der Waals surface area contributed by atoms with Crippen LogP contribution in [0.15, 0.2) is 67.0 Å². The minimum absolute atomic E-state index is 0.0836. The Hall–Kier alpha value is -5.10. The molecule has 39 heavy (non-hydrogen) atoms. The summed E-state index contributed by atoms with van der Waals surface area (Å²) in [4.78, 5) is 45.0. The van der Waals surface area contributed by atoms with E-state index in [0.717, 1.165) is 5.56 Å². The molecule has 2 amide bonds. The van der Waals surface area contributed by atoms with Gasteiger partial charge in [-0.05, 0) is 50.3 Å². The SMILES string of the molecule is CCN(C(C)=O)c1cccc(C(=O)/C=C/c2cnc3c(C#N)cnn3c2-c2cccc(N(CC)C(C)=O)c2)c1. The zero-order valence-electron chi connectivity index (χ0n) is 22.3. The van der Waals surface area contributed by atoms with Crippen LogP contribution in [0.1, 0.15) is 49.2 Å². The maximum atomic E-state index is 13.1. The highest BCUT2D eigenvalue weighted by Crippen LogP contribution is 2.30. The normalized spacial score (nSPS) is 10.9. The van der Waals surface area contributed by atoms with Crippen LogP contribution in [-0.4, -0.2) is 45.3 Å². The third kappa shape index (κ3) is 5.45. The van der Waals surface area contributed by atoms with Crippen LogP contribution in [0.25, 0.3) is 23.0 Å². The second-order valence-electron chi connectivity index (χ2n) is 8.79. The molecule has 0 unspecified atom stereocenters. The number of rotatable bonds is 8. The molecule has 9 nitrogen and oxygen atoms in total. The van der Waals surface area contributed by atoms with Crippen molar-refractivity contribution in [3.05, 3.63) is 83.7 Å². The number of carbonyl (C=O) groups is 3. The van der Waals surface area contributed by atoms with Gasteiger partial charge in [-0.3, -0.25) is 14.4 Å². The Balaban J connectivity index is 1.80. The van der Waals surface area contributed by atoms with Crippen molar-refractivity contribution in [2.24, 2.45) is 0 Å². The molecule has 0 aliphatic heterocycles. The Morgan fingerprint density at radius 2 is 1.59 bits per heavy atom. The maximum absolute atomic E-state index is 13.1. The number of carbonyl (C=O) groups excluding carboxylic acids is 3. The van der Waals surface area contributed by atoms with E-state index in [1.807, 2.05) is 38.1 Å². The number of fused-ring (bicyclic) bond motifs is 1. The van der Waals surface area contributed by atoms with E-state index in [9.17, 15) is 19.6 Å². The van der Waals surface area contributed by atoms with E-state index in [4.69, 9.17) is 0 Å². The summed E-state index contributed by atoms with van der Waals surface area (Å²) in [5.41, 5.74) is 4.46. The van der Waals surface area contributed by atoms with Crippen molar-refractivity contribution in [1.29, 1.82) is 5.26 Å². The van der Waals surface area contributed by atoms with Gasteiger partial charge in [0.05, 0.1) is 11.9 Å². The average Bonchev–Trinajstić information content (AvgIpc) is 3.35. The molecule has 0 aliphatic carbocycles. The first-order valence-corrected chi connectivity index (χ1v) is 12.5. The van der Waals surface area contributed by atoms with Crippen molar-refractivity contribution < 1.29 is 14.4 Å². The van der Waals surface area contributed by atoms with Crippen LogP contribution >= 0.6 is 0 Å². The Kier molecular flexibility index (Phi) is 7.96. The molecule has 0 spiro atoms. The molecule has 0 saturated heterocycles. The van der Waals surface area contributed by atoms with E-state index in [-0.39, 0.29) is 17.6 Å². The molecule has 0 fully saturated rings. The molecule has 0 saturated carbocycles. The summed E-state index contributed by atoms with van der Waals surface area (Å²) in [6, 6.07) is 16.5. The predicted octanol–water partition coefficient (Wildman–Crippen LogP) is 4.91. The molecule has 2 aromatic carbocycles. The quantitative estimate of drug-likeness (QED) is 0.241. The highest BCUT2D eigenvalue weighted by atomic mass is 16.2. The van der Waals surface area contributed by atoms with Crippen LogP contribution in [-0.2, 0) is 9.59 Å². The Bertz CT molecular complexity index is 1650. The lowest BCUT2D eigenvalue weighted by atomic mass is 10.0. The second-order valence-corrected chi connectivity index (χ2v) is 8.79. The van der Waals surface area contributed by atoms with E-state index in [0.29, 0.717) is 52.5 Å². The molecule has 2 heterocycles. The van der Waals surface area contributed by atoms with Crippen LogP contribution in [0.2, 0.25) is 0 Å². The largest absolute Gasteiger partial charge is 0.313 e. The van der Waals surface area contributed by atoms with Crippen molar-refractivity contribution in [3.8, 4) is 17.3 Å². The number of anilines is 2. The Morgan fingerprint density at radius 3 is 2.21 bits per heavy atom. The van der Waals surface area contributed by atoms with Gasteiger partial charge in [0, 0.05) is 61.2 Å². The lowest BCUT2D eigenvalue weighted by Crippen LogP contribution is -2.27. The molecular weight excluding hydrogens is 492 g/mol. The second kappa shape index (κ2) is 11.5. The van der Waals surface area contributed by atoms with Crippen molar-refractivity contribution >= 4 is 40.7 Å². The van der Waals surface area contributed by atoms with Gasteiger partial charge in [-0.15, -0.1) is 0 Å². The maximum Gasteiger partial charge on any atom is 0.223 e. The third-order valence-electron chi connectivity index (χ3n) is 6.36. The Morgan fingerprint density at radius 1 is 0.949 bits per heavy atom. The van der Waals surface area contributed by atoms with Crippen molar-refractivity contribution in [3.63, 3.8) is 0 Å². The fourth-order valence-electron chi connectivity index (χ4n) is 4.52. The summed E-state index contributed by atoms with van der Waals surface area (Å²) in [5.74, 6) is -0.436. The zero-order chi connectivity index (χ0) is 28.1. The number of allylic oxidation sites excluding steroid dienone is 1. The van der Waals surface area contributed by atoms with Crippen molar-refractivity contribution in [2.75, 3.05) is 22.9 Å². The number of amides is 2. The first kappa shape index (κ1) is 26.9. The number of nitriles is 1. The topological polar surface area (TPSA) is 112 Å². The van der Waals surface area contributed by atoms with Crippen LogP contribution in [0.3, 0.4) is 0 Å². The molecule has 9 heteroatoms. The summed E-state index contributed by atoms with van der Waals surface area (Å²) >= 11 is 0. The van der Waals surface area contributed by atoms with Crippen LogP contribution < -0.4 is 9.80 Å². The number of hydrogen-bond acceptors (Lipinski definition) is 6. The standard InChI is InChI=1S/C30H28N6O3/c1-5-34(20(3)37)26-11-7-9-22(15-26)28(39)14-13-24-18-32-30-25(17-31)19-33-36(30)29(24)23-10-8-12-27(16-23)35(6-2)21(4)38/h7-16,18-19H,5-6H2,1-4H3/b14-13+. The number of ketones is 1. The lowest BCUT2D eigenvalue weighted by Gasteiger charge is -2.20. The molecule has 0 atom stereocenters. The summed E-state index contributed by atoms with van der Waals surface area (Å²) in [6.07, 6.45) is 6.14. The molecule has 0 aliphatic rings. The number of nitrogens with zero attached hydrogens (tertiary/aromatic N) is 6. The fourth-order valence-corrected chi connectivity index (χ4v) is 4.52. The molecule has 196 valence electrons. The third-order valence-corrected chi connectivity index (χ3v) is 6.36. The van der Waals surface area contributed by atoms with Gasteiger partial charge in [0.25, 0.3) is 0 Å². The van der Waals surface area contributed by atoms with Crippen LogP contribution in [0.5, 0.6) is 0 Å². The predicted molar refractivity (Wildman–Crippen MR) is 150 cm³/mol. The van der Waals surface area contributed by atoms with E-state index in [1.54, 1.807) is 50.9 Å². The first-order chi connectivity index (χ1) is 18.8. The van der Waals surface area contributed by atoms with Gasteiger partial charge in [-0.1, -0.05) is 24.3 Å². The highest BCUT2D eigenvalue weighted by molar-refractivity contribution is 6.08. The number of benzene rings is 2. The average molecular weight is 521 g/mol. The fraction of sp³-hybridized carbons (Fsp3) is 0.200. The highest BCUT2D eigenvalue weighted by Gasteiger charge is 2.17. The van der Waals surface area contributed by atoms with Crippen molar-refractivity contribution in [2.45, 2.75) is 27.7 Å². The van der Waals surface area contributed by atoms with E-state index >= 15 is 0 Å². The molecule has 0 radical (unpaired) electrons.